The molecule has 0 aromatic heterocycles. The Balaban J connectivity index is 2.10. The largest absolute Gasteiger partial charge is 0.396 e. The Bertz CT molecular complexity index is 131. The molecule has 0 radical (unpaired) electrons. The number of hydrogen-bond acceptors (Lipinski definition) is 1. The average Bonchev–Trinajstić information content (AvgIpc) is 2.46. The maximum absolute atomic E-state index is 9.06. The number of aliphatic hydroxyl groups excluding tert-OH is 1. The molecule has 2 bridgehead atoms. The van der Waals surface area contributed by atoms with E-state index in [2.05, 4.69) is 6.92 Å². The van der Waals surface area contributed by atoms with Gasteiger partial charge in [-0.3, -0.25) is 0 Å². The van der Waals surface area contributed by atoms with Crippen molar-refractivity contribution < 1.29 is 5.11 Å². The van der Waals surface area contributed by atoms with E-state index in [9.17, 15) is 0 Å². The van der Waals surface area contributed by atoms with E-state index < -0.39 is 0 Å². The molecule has 2 aliphatic rings. The van der Waals surface area contributed by atoms with Crippen LogP contribution in [0.2, 0.25) is 0 Å². The molecule has 0 heterocycles. The topological polar surface area (TPSA) is 20.2 Å². The predicted molar refractivity (Wildman–Crippen MR) is 40.6 cm³/mol. The quantitative estimate of drug-likeness (QED) is 0.587. The van der Waals surface area contributed by atoms with E-state index in [1.807, 2.05) is 0 Å². The lowest BCUT2D eigenvalue weighted by molar-refractivity contribution is 0.134. The second kappa shape index (κ2) is 2.23. The van der Waals surface area contributed by atoms with E-state index in [1.165, 1.54) is 19.3 Å². The summed E-state index contributed by atoms with van der Waals surface area (Å²) in [5.41, 5.74) is 0. The van der Waals surface area contributed by atoms with Crippen molar-refractivity contribution >= 4 is 0 Å². The van der Waals surface area contributed by atoms with E-state index >= 15 is 0 Å². The van der Waals surface area contributed by atoms with Gasteiger partial charge in [0.25, 0.3) is 0 Å². The number of aliphatic hydroxyl groups is 1. The second-order valence-electron chi connectivity index (χ2n) is 4.04. The summed E-state index contributed by atoms with van der Waals surface area (Å²) in [6, 6.07) is 0. The number of hydrogen-bond donors (Lipinski definition) is 1. The van der Waals surface area contributed by atoms with Gasteiger partial charge in [-0.2, -0.15) is 0 Å². The summed E-state index contributed by atoms with van der Waals surface area (Å²) in [6.45, 7) is 2.74. The van der Waals surface area contributed by atoms with Crippen molar-refractivity contribution in [3.8, 4) is 0 Å². The minimum Gasteiger partial charge on any atom is -0.396 e. The zero-order chi connectivity index (χ0) is 7.14. The molecule has 0 aromatic carbocycles. The van der Waals surface area contributed by atoms with E-state index in [4.69, 9.17) is 5.11 Å². The van der Waals surface area contributed by atoms with Crippen molar-refractivity contribution in [1.29, 1.82) is 0 Å². The van der Waals surface area contributed by atoms with Gasteiger partial charge in [0.1, 0.15) is 0 Å². The Morgan fingerprint density at radius 2 is 2.00 bits per heavy atom. The van der Waals surface area contributed by atoms with Gasteiger partial charge < -0.3 is 5.11 Å². The molecule has 0 spiro atoms. The van der Waals surface area contributed by atoms with E-state index in [1.54, 1.807) is 0 Å². The zero-order valence-corrected chi connectivity index (χ0v) is 6.59. The Hall–Kier alpha value is -0.0400. The van der Waals surface area contributed by atoms with Crippen LogP contribution in [0.15, 0.2) is 0 Å². The van der Waals surface area contributed by atoms with Crippen LogP contribution in [-0.4, -0.2) is 11.7 Å². The van der Waals surface area contributed by atoms with Crippen molar-refractivity contribution in [2.75, 3.05) is 6.61 Å². The first-order valence-electron chi connectivity index (χ1n) is 4.43. The van der Waals surface area contributed by atoms with Crippen molar-refractivity contribution in [3.63, 3.8) is 0 Å². The van der Waals surface area contributed by atoms with Crippen LogP contribution in [0.25, 0.3) is 0 Å². The Kier molecular flexibility index (Phi) is 1.48. The summed E-state index contributed by atoms with van der Waals surface area (Å²) in [7, 11) is 0. The molecule has 0 saturated heterocycles. The van der Waals surface area contributed by atoms with Crippen molar-refractivity contribution in [1.82, 2.24) is 0 Å². The van der Waals surface area contributed by atoms with Gasteiger partial charge in [-0.05, 0) is 42.9 Å². The molecule has 0 unspecified atom stereocenters. The lowest BCUT2D eigenvalue weighted by Crippen LogP contribution is -2.22. The Morgan fingerprint density at radius 3 is 2.40 bits per heavy atom. The van der Waals surface area contributed by atoms with Gasteiger partial charge in [-0.1, -0.05) is 6.92 Å². The number of rotatable bonds is 1. The lowest BCUT2D eigenvalue weighted by atomic mass is 9.81. The maximum atomic E-state index is 9.06. The minimum atomic E-state index is 0.433. The molecule has 1 heteroatoms. The summed E-state index contributed by atoms with van der Waals surface area (Å²) in [5, 5.41) is 9.06. The van der Waals surface area contributed by atoms with Crippen molar-refractivity contribution in [2.24, 2.45) is 23.7 Å². The third kappa shape index (κ3) is 0.731. The first kappa shape index (κ1) is 6.66. The van der Waals surface area contributed by atoms with Crippen molar-refractivity contribution in [2.45, 2.75) is 26.2 Å². The van der Waals surface area contributed by atoms with Crippen LogP contribution in [-0.2, 0) is 0 Å². The van der Waals surface area contributed by atoms with Gasteiger partial charge in [0, 0.05) is 6.61 Å². The Labute approximate surface area is 62.4 Å². The highest BCUT2D eigenvalue weighted by molar-refractivity contribution is 4.93. The fourth-order valence-corrected chi connectivity index (χ4v) is 3.01. The third-order valence-electron chi connectivity index (χ3n) is 3.75. The van der Waals surface area contributed by atoms with Crippen molar-refractivity contribution in [3.05, 3.63) is 0 Å². The van der Waals surface area contributed by atoms with Gasteiger partial charge >= 0.3 is 0 Å². The van der Waals surface area contributed by atoms with Gasteiger partial charge in [0.15, 0.2) is 0 Å². The molecular weight excluding hydrogens is 124 g/mol. The number of fused-ring (bicyclic) bond motifs is 2. The molecule has 0 aromatic rings. The lowest BCUT2D eigenvalue weighted by Gasteiger charge is -2.25. The van der Waals surface area contributed by atoms with E-state index in [0.717, 1.165) is 17.8 Å². The van der Waals surface area contributed by atoms with Gasteiger partial charge in [0.2, 0.25) is 0 Å². The molecule has 2 fully saturated rings. The first-order chi connectivity index (χ1) is 4.83. The molecular formula is C9H16O. The maximum Gasteiger partial charge on any atom is 0.0464 e. The molecule has 4 atom stereocenters. The molecule has 2 aliphatic carbocycles. The summed E-state index contributed by atoms with van der Waals surface area (Å²) in [4.78, 5) is 0. The van der Waals surface area contributed by atoms with Crippen LogP contribution >= 0.6 is 0 Å². The fourth-order valence-electron chi connectivity index (χ4n) is 3.01. The minimum absolute atomic E-state index is 0.433. The highest BCUT2D eigenvalue weighted by Crippen LogP contribution is 2.51. The molecule has 1 nitrogen and oxygen atoms in total. The summed E-state index contributed by atoms with van der Waals surface area (Å²) >= 11 is 0. The molecule has 1 N–H and O–H groups in total. The van der Waals surface area contributed by atoms with Crippen LogP contribution in [0.5, 0.6) is 0 Å². The molecule has 2 rings (SSSR count). The zero-order valence-electron chi connectivity index (χ0n) is 6.59. The Morgan fingerprint density at radius 1 is 1.30 bits per heavy atom. The summed E-state index contributed by atoms with van der Waals surface area (Å²) in [6.07, 6.45) is 4.23. The summed E-state index contributed by atoms with van der Waals surface area (Å²) in [5.74, 6) is 3.30. The first-order valence-corrected chi connectivity index (χ1v) is 4.43. The molecule has 0 amide bonds. The average molecular weight is 140 g/mol. The van der Waals surface area contributed by atoms with Crippen LogP contribution in [0.4, 0.5) is 0 Å². The predicted octanol–water partition coefficient (Wildman–Crippen LogP) is 1.66. The smallest absolute Gasteiger partial charge is 0.0464 e. The molecule has 0 aliphatic heterocycles. The summed E-state index contributed by atoms with van der Waals surface area (Å²) < 4.78 is 0. The van der Waals surface area contributed by atoms with E-state index in [-0.39, 0.29) is 0 Å². The highest BCUT2D eigenvalue weighted by Gasteiger charge is 2.44. The van der Waals surface area contributed by atoms with Crippen LogP contribution in [0.3, 0.4) is 0 Å². The second-order valence-corrected chi connectivity index (χ2v) is 4.04. The molecule has 2 saturated carbocycles. The standard InChI is InChI=1S/C9H16O/c1-6-7-2-3-8(4-7)9(6)5-10/h6-10H,2-5H2,1H3/t6-,7+,8+,9+/m0/s1. The van der Waals surface area contributed by atoms with Crippen LogP contribution in [0, 0.1) is 23.7 Å². The van der Waals surface area contributed by atoms with Gasteiger partial charge in [-0.15, -0.1) is 0 Å². The SMILES string of the molecule is C[C@H]1[C@@H]2CC[C@H](C2)[C@@H]1CO. The third-order valence-corrected chi connectivity index (χ3v) is 3.75. The van der Waals surface area contributed by atoms with Gasteiger partial charge in [0.05, 0.1) is 0 Å². The normalized spacial score (nSPS) is 52.2. The van der Waals surface area contributed by atoms with Crippen LogP contribution in [0.1, 0.15) is 26.2 Å². The van der Waals surface area contributed by atoms with Gasteiger partial charge in [-0.25, -0.2) is 0 Å². The molecule has 58 valence electrons. The highest BCUT2D eigenvalue weighted by atomic mass is 16.3. The molecule has 10 heavy (non-hydrogen) atoms. The van der Waals surface area contributed by atoms with E-state index in [0.29, 0.717) is 12.5 Å². The van der Waals surface area contributed by atoms with Crippen LogP contribution < -0.4 is 0 Å². The monoisotopic (exact) mass is 140 g/mol. The fraction of sp³-hybridized carbons (Fsp3) is 1.00.